The maximum Gasteiger partial charge on any atom is 0.367 e. The van der Waals surface area contributed by atoms with Crippen LogP contribution in [0, 0.1) is 0 Å². The van der Waals surface area contributed by atoms with Crippen LogP contribution in [0.4, 0.5) is 0 Å². The molecule has 0 atom stereocenters. The third kappa shape index (κ3) is 10.2. The quantitative estimate of drug-likeness (QED) is 0.452. The Kier molecular flexibility index (Phi) is 8.46. The Morgan fingerprint density at radius 2 is 1.10 bits per heavy atom. The highest BCUT2D eigenvalue weighted by atomic mass is 17.2. The average molecular weight is 306 g/mol. The Balaban J connectivity index is 3.79. The molecule has 0 saturated heterocycles. The van der Waals surface area contributed by atoms with Crippen LogP contribution in [0.15, 0.2) is 0 Å². The van der Waals surface area contributed by atoms with E-state index in [1.807, 2.05) is 13.8 Å². The summed E-state index contributed by atoms with van der Waals surface area (Å²) in [6, 6.07) is 0. The maximum absolute atomic E-state index is 11.3. The first-order valence-electron chi connectivity index (χ1n) is 6.96. The van der Waals surface area contributed by atoms with Gasteiger partial charge in [-0.25, -0.2) is 9.59 Å². The predicted molar refractivity (Wildman–Crippen MR) is 73.9 cm³/mol. The van der Waals surface area contributed by atoms with Crippen molar-refractivity contribution in [2.45, 2.75) is 65.6 Å². The van der Waals surface area contributed by atoms with E-state index in [0.717, 1.165) is 0 Å². The molecule has 0 fully saturated rings. The molecule has 0 aromatic rings. The minimum atomic E-state index is -0.723. The number of carbonyl (C=O) groups is 2. The van der Waals surface area contributed by atoms with Crippen LogP contribution in [0.1, 0.15) is 54.4 Å². The van der Waals surface area contributed by atoms with Crippen molar-refractivity contribution in [3.05, 3.63) is 0 Å². The minimum absolute atomic E-state index is 0.411. The van der Waals surface area contributed by atoms with Gasteiger partial charge in [-0.3, -0.25) is 9.78 Å². The van der Waals surface area contributed by atoms with Crippen molar-refractivity contribution < 1.29 is 33.9 Å². The van der Waals surface area contributed by atoms with Crippen molar-refractivity contribution in [3.63, 3.8) is 0 Å². The summed E-state index contributed by atoms with van der Waals surface area (Å²) >= 11 is 0. The van der Waals surface area contributed by atoms with Crippen molar-refractivity contribution in [3.8, 4) is 0 Å². The van der Waals surface area contributed by atoms with Crippen molar-refractivity contribution >= 4 is 11.9 Å². The van der Waals surface area contributed by atoms with Gasteiger partial charge in [0.05, 0.1) is 0 Å². The summed E-state index contributed by atoms with van der Waals surface area (Å²) in [6.07, 6.45) is 1.36. The maximum atomic E-state index is 11.3. The van der Waals surface area contributed by atoms with Crippen molar-refractivity contribution in [1.29, 1.82) is 0 Å². The third-order valence-electron chi connectivity index (χ3n) is 2.86. The smallest absolute Gasteiger partial charge is 0.358 e. The molecule has 0 saturated carbocycles. The lowest BCUT2D eigenvalue weighted by Gasteiger charge is -2.20. The van der Waals surface area contributed by atoms with E-state index in [1.54, 1.807) is 27.7 Å². The number of carbonyl (C=O) groups excluding carboxylic acids is 2. The van der Waals surface area contributed by atoms with Crippen LogP contribution in [0.3, 0.4) is 0 Å². The highest BCUT2D eigenvalue weighted by Crippen LogP contribution is 2.14. The van der Waals surface area contributed by atoms with Gasteiger partial charge in [-0.15, -0.1) is 0 Å². The zero-order chi connectivity index (χ0) is 16.5. The molecule has 0 rings (SSSR count). The molecule has 0 aliphatic rings. The molecule has 0 bridgehead atoms. The van der Waals surface area contributed by atoms with Gasteiger partial charge < -0.3 is 4.74 Å². The van der Waals surface area contributed by atoms with E-state index in [-0.39, 0.29) is 0 Å². The van der Waals surface area contributed by atoms with E-state index in [0.29, 0.717) is 12.8 Å². The van der Waals surface area contributed by atoms with Gasteiger partial charge >= 0.3 is 11.9 Å². The average Bonchev–Trinajstić information content (AvgIpc) is 2.43. The van der Waals surface area contributed by atoms with Crippen LogP contribution in [0.2, 0.25) is 0 Å². The molecule has 7 heteroatoms. The van der Waals surface area contributed by atoms with Gasteiger partial charge in [-0.2, -0.15) is 9.78 Å². The summed E-state index contributed by atoms with van der Waals surface area (Å²) in [4.78, 5) is 41.6. The Morgan fingerprint density at radius 1 is 0.762 bits per heavy atom. The monoisotopic (exact) mass is 306 g/mol. The molecule has 0 aliphatic heterocycles. The second kappa shape index (κ2) is 8.96. The van der Waals surface area contributed by atoms with Gasteiger partial charge in [-0.1, -0.05) is 13.8 Å². The normalized spacial score (nSPS) is 12.1. The second-order valence-electron chi connectivity index (χ2n) is 5.80. The molecule has 0 aromatic carbocycles. The molecule has 0 amide bonds. The molecule has 21 heavy (non-hydrogen) atoms. The Bertz CT molecular complexity index is 304. The molecule has 0 spiro atoms. The number of hydrogen-bond donors (Lipinski definition) is 0. The van der Waals surface area contributed by atoms with Gasteiger partial charge in [-0.05, 0) is 40.5 Å². The van der Waals surface area contributed by atoms with Crippen molar-refractivity contribution in [2.75, 3.05) is 13.2 Å². The van der Waals surface area contributed by atoms with E-state index in [9.17, 15) is 9.59 Å². The SMILES string of the molecule is CCC(C)(C)OOC(=O)COCC(=O)OOC(C)(C)CC. The summed E-state index contributed by atoms with van der Waals surface area (Å²) in [5.41, 5.74) is -1.12. The summed E-state index contributed by atoms with van der Waals surface area (Å²) < 4.78 is 4.85. The van der Waals surface area contributed by atoms with Crippen LogP contribution in [-0.4, -0.2) is 36.4 Å². The minimum Gasteiger partial charge on any atom is -0.358 e. The van der Waals surface area contributed by atoms with Gasteiger partial charge in [0.2, 0.25) is 0 Å². The zero-order valence-corrected chi connectivity index (χ0v) is 13.7. The van der Waals surface area contributed by atoms with Crippen LogP contribution in [0.5, 0.6) is 0 Å². The fraction of sp³-hybridized carbons (Fsp3) is 0.857. The molecular formula is C14H26O7. The first kappa shape index (κ1) is 19.8. The van der Waals surface area contributed by atoms with Crippen molar-refractivity contribution in [1.82, 2.24) is 0 Å². The Labute approximate surface area is 125 Å². The lowest BCUT2D eigenvalue weighted by atomic mass is 10.1. The molecule has 7 nitrogen and oxygen atoms in total. The Morgan fingerprint density at radius 3 is 1.38 bits per heavy atom. The first-order chi connectivity index (χ1) is 9.62. The largest absolute Gasteiger partial charge is 0.367 e. The van der Waals surface area contributed by atoms with Gasteiger partial charge in [0.25, 0.3) is 0 Å². The topological polar surface area (TPSA) is 80.3 Å². The molecule has 0 N–H and O–H groups in total. The van der Waals surface area contributed by atoms with Crippen LogP contribution < -0.4 is 0 Å². The lowest BCUT2D eigenvalue weighted by Crippen LogP contribution is -2.28. The number of rotatable bonds is 10. The van der Waals surface area contributed by atoms with Crippen LogP contribution in [-0.2, 0) is 33.9 Å². The molecule has 124 valence electrons. The standard InChI is InChI=1S/C14H26O7/c1-7-13(3,4)20-18-11(15)9-17-10-12(16)19-21-14(5,6)8-2/h7-10H2,1-6H3. The number of hydrogen-bond acceptors (Lipinski definition) is 7. The number of ether oxygens (including phenoxy) is 1. The molecule has 0 aliphatic carbocycles. The third-order valence-corrected chi connectivity index (χ3v) is 2.86. The summed E-state index contributed by atoms with van der Waals surface area (Å²) in [6.45, 7) is 10.1. The molecule has 0 unspecified atom stereocenters. The fourth-order valence-electron chi connectivity index (χ4n) is 0.702. The van der Waals surface area contributed by atoms with E-state index in [4.69, 9.17) is 14.5 Å². The van der Waals surface area contributed by atoms with E-state index in [2.05, 4.69) is 9.78 Å². The van der Waals surface area contributed by atoms with Crippen LogP contribution >= 0.6 is 0 Å². The van der Waals surface area contributed by atoms with Gasteiger partial charge in [0.15, 0.2) is 0 Å². The first-order valence-corrected chi connectivity index (χ1v) is 6.96. The summed E-state index contributed by atoms with van der Waals surface area (Å²) in [7, 11) is 0. The second-order valence-corrected chi connectivity index (χ2v) is 5.80. The van der Waals surface area contributed by atoms with E-state index in [1.165, 1.54) is 0 Å². The zero-order valence-electron chi connectivity index (χ0n) is 13.7. The molecule has 0 radical (unpaired) electrons. The highest BCUT2D eigenvalue weighted by Gasteiger charge is 2.21. The molecular weight excluding hydrogens is 280 g/mol. The summed E-state index contributed by atoms with van der Waals surface area (Å²) in [5, 5.41) is 0. The van der Waals surface area contributed by atoms with E-state index < -0.39 is 36.4 Å². The Hall–Kier alpha value is -1.18. The lowest BCUT2D eigenvalue weighted by molar-refractivity contribution is -0.330. The summed E-state index contributed by atoms with van der Waals surface area (Å²) in [5.74, 6) is -1.45. The predicted octanol–water partition coefficient (Wildman–Crippen LogP) is 2.33. The van der Waals surface area contributed by atoms with Crippen molar-refractivity contribution in [2.24, 2.45) is 0 Å². The van der Waals surface area contributed by atoms with E-state index >= 15 is 0 Å². The molecule has 0 aromatic heterocycles. The van der Waals surface area contributed by atoms with Gasteiger partial charge in [0, 0.05) is 0 Å². The fourth-order valence-corrected chi connectivity index (χ4v) is 0.702. The highest BCUT2D eigenvalue weighted by molar-refractivity contribution is 5.72. The van der Waals surface area contributed by atoms with Crippen LogP contribution in [0.25, 0.3) is 0 Å². The van der Waals surface area contributed by atoms with Gasteiger partial charge in [0.1, 0.15) is 24.4 Å². The molecule has 0 heterocycles.